The van der Waals surface area contributed by atoms with Crippen LogP contribution in [0.1, 0.15) is 96.5 Å². The van der Waals surface area contributed by atoms with Crippen molar-refractivity contribution in [2.24, 2.45) is 0 Å². The van der Waals surface area contributed by atoms with Gasteiger partial charge in [-0.1, -0.05) is 97.1 Å². The third-order valence-corrected chi connectivity index (χ3v) is 13.7. The number of fused-ring (bicyclic) bond motifs is 2. The maximum atomic E-state index is 12.8. The molecule has 2 fully saturated rings. The molecule has 4 aliphatic heterocycles. The van der Waals surface area contributed by atoms with Gasteiger partial charge in [-0.3, -0.25) is 19.2 Å². The van der Waals surface area contributed by atoms with Gasteiger partial charge in [-0.2, -0.15) is 0 Å². The number of hydrogen-bond acceptors (Lipinski definition) is 8. The van der Waals surface area contributed by atoms with Crippen molar-refractivity contribution in [2.75, 3.05) is 10.6 Å². The lowest BCUT2D eigenvalue weighted by Gasteiger charge is -2.20. The lowest BCUT2D eigenvalue weighted by Crippen LogP contribution is -2.35. The molecule has 8 atom stereocenters. The minimum absolute atomic E-state index is 0.0636. The summed E-state index contributed by atoms with van der Waals surface area (Å²) >= 11 is 0. The molecule has 0 unspecified atom stereocenters. The molecule has 0 saturated carbocycles. The lowest BCUT2D eigenvalue weighted by atomic mass is 10.0. The van der Waals surface area contributed by atoms with Gasteiger partial charge in [-0.25, -0.2) is 0 Å². The van der Waals surface area contributed by atoms with Crippen molar-refractivity contribution < 1.29 is 19.8 Å². The van der Waals surface area contributed by atoms with Gasteiger partial charge in [0.25, 0.3) is 11.1 Å². The number of nitrogens with zero attached hydrogens (tertiary/aromatic N) is 2. The maximum absolute atomic E-state index is 12.8. The highest BCUT2D eigenvalue weighted by Gasteiger charge is 2.33. The van der Waals surface area contributed by atoms with Gasteiger partial charge in [0.05, 0.1) is 12.2 Å². The van der Waals surface area contributed by atoms with Crippen molar-refractivity contribution in [1.29, 1.82) is 0 Å². The minimum atomic E-state index is -0.498. The number of anilines is 2. The van der Waals surface area contributed by atoms with Gasteiger partial charge in [0.2, 0.25) is 11.8 Å². The van der Waals surface area contributed by atoms with Crippen molar-refractivity contribution in [3.05, 3.63) is 200 Å². The van der Waals surface area contributed by atoms with Crippen molar-refractivity contribution in [3.8, 4) is 0 Å². The molecule has 6 N–H and O–H groups in total. The Morgan fingerprint density at radius 2 is 0.894 bits per heavy atom. The van der Waals surface area contributed by atoms with Crippen molar-refractivity contribution in [1.82, 2.24) is 19.8 Å². The summed E-state index contributed by atoms with van der Waals surface area (Å²) in [5, 5.41) is 34.4. The van der Waals surface area contributed by atoms with Crippen molar-refractivity contribution >= 4 is 23.2 Å². The summed E-state index contributed by atoms with van der Waals surface area (Å²) in [5.74, 6) is -0.296. The number of carbonyl (C=O) groups is 2. The van der Waals surface area contributed by atoms with Gasteiger partial charge in [0.1, 0.15) is 12.1 Å². The zero-order valence-electron chi connectivity index (χ0n) is 37.0. The third kappa shape index (κ3) is 10.3. The zero-order chi connectivity index (χ0) is 45.6. The van der Waals surface area contributed by atoms with Gasteiger partial charge >= 0.3 is 0 Å². The Morgan fingerprint density at radius 1 is 0.500 bits per heavy atom. The van der Waals surface area contributed by atoms with Gasteiger partial charge in [0, 0.05) is 59.1 Å². The predicted molar refractivity (Wildman–Crippen MR) is 256 cm³/mol. The summed E-state index contributed by atoms with van der Waals surface area (Å²) in [7, 11) is 0. The molecule has 2 saturated heterocycles. The summed E-state index contributed by atoms with van der Waals surface area (Å²) in [6.07, 6.45) is 7.43. The Balaban J connectivity index is 0.000000166. The summed E-state index contributed by atoms with van der Waals surface area (Å²) in [6, 6.07) is 45.6. The van der Waals surface area contributed by atoms with Crippen LogP contribution in [0.5, 0.6) is 0 Å². The Hall–Kier alpha value is -6.44. The molecule has 0 bridgehead atoms. The van der Waals surface area contributed by atoms with E-state index in [1.54, 1.807) is 21.3 Å². The van der Waals surface area contributed by atoms with E-state index in [0.717, 1.165) is 85.3 Å². The van der Waals surface area contributed by atoms with Crippen LogP contribution in [0.25, 0.3) is 0 Å². The SMILES string of the molecule is O=C(Nc1ccc(C[C@@H]2CC[C@H]([C@H](O)c3ccccc3)N2)cc1)[C@@H]1CCc2cccc(=O)n21.O=C(Nc1ccc(C[C@@H]2CC[C@H]([C@H](O)c3ccccc3)N2)cc1)[C@H]1CCc2cccc(=O)n21. The number of hydrogen-bond donors (Lipinski definition) is 6. The molecule has 4 aliphatic rings. The molecule has 340 valence electrons. The van der Waals surface area contributed by atoms with E-state index in [0.29, 0.717) is 24.9 Å². The molecule has 12 heteroatoms. The smallest absolute Gasteiger partial charge is 0.251 e. The zero-order valence-corrected chi connectivity index (χ0v) is 37.0. The summed E-state index contributed by atoms with van der Waals surface area (Å²) in [6.45, 7) is 0. The average molecular weight is 887 g/mol. The molecule has 6 aromatic rings. The Labute approximate surface area is 384 Å². The number of carbonyl (C=O) groups excluding carboxylic acids is 2. The molecule has 0 aliphatic carbocycles. The van der Waals surface area contributed by atoms with Crippen LogP contribution in [-0.4, -0.2) is 55.3 Å². The van der Waals surface area contributed by atoms with E-state index in [4.69, 9.17) is 0 Å². The van der Waals surface area contributed by atoms with Crippen LogP contribution in [0.3, 0.4) is 0 Å². The van der Waals surface area contributed by atoms with Crippen LogP contribution >= 0.6 is 0 Å². The van der Waals surface area contributed by atoms with Crippen molar-refractivity contribution in [2.45, 2.75) is 113 Å². The molecular weight excluding hydrogens is 829 g/mol. The molecule has 12 nitrogen and oxygen atoms in total. The van der Waals surface area contributed by atoms with E-state index >= 15 is 0 Å². The largest absolute Gasteiger partial charge is 0.387 e. The van der Waals surface area contributed by atoms with Gasteiger partial charge in [-0.15, -0.1) is 0 Å². The highest BCUT2D eigenvalue weighted by atomic mass is 16.3. The lowest BCUT2D eigenvalue weighted by molar-refractivity contribution is -0.119. The quantitative estimate of drug-likeness (QED) is 0.0787. The minimum Gasteiger partial charge on any atom is -0.387 e. The summed E-state index contributed by atoms with van der Waals surface area (Å²) in [5.41, 5.74) is 7.31. The topological polar surface area (TPSA) is 167 Å². The van der Waals surface area contributed by atoms with Gasteiger partial charge in [0.15, 0.2) is 0 Å². The van der Waals surface area contributed by atoms with E-state index in [-0.39, 0.29) is 35.0 Å². The number of amides is 2. The summed E-state index contributed by atoms with van der Waals surface area (Å²) < 4.78 is 3.21. The van der Waals surface area contributed by atoms with Crippen LogP contribution in [0.4, 0.5) is 11.4 Å². The highest BCUT2D eigenvalue weighted by Crippen LogP contribution is 2.30. The maximum Gasteiger partial charge on any atom is 0.251 e. The molecule has 0 spiro atoms. The van der Waals surface area contributed by atoms with Crippen LogP contribution in [0.15, 0.2) is 155 Å². The number of nitrogens with one attached hydrogen (secondary N) is 4. The van der Waals surface area contributed by atoms with Crippen molar-refractivity contribution in [3.63, 3.8) is 0 Å². The second-order valence-corrected chi connectivity index (χ2v) is 18.1. The first-order valence-electron chi connectivity index (χ1n) is 23.4. The number of aryl methyl sites for hydroxylation is 2. The fourth-order valence-electron chi connectivity index (χ4n) is 10.3. The number of pyridine rings is 2. The van der Waals surface area contributed by atoms with E-state index < -0.39 is 24.3 Å². The van der Waals surface area contributed by atoms with Gasteiger partial charge < -0.3 is 40.6 Å². The Morgan fingerprint density at radius 3 is 1.29 bits per heavy atom. The molecule has 2 aromatic heterocycles. The molecule has 0 radical (unpaired) electrons. The first kappa shape index (κ1) is 44.7. The number of aromatic nitrogens is 2. The van der Waals surface area contributed by atoms with Crippen LogP contribution in [0, 0.1) is 0 Å². The predicted octanol–water partition coefficient (Wildman–Crippen LogP) is 6.74. The molecule has 2 amide bonds. The number of rotatable bonds is 12. The average Bonchev–Trinajstić information content (AvgIpc) is 4.19. The van der Waals surface area contributed by atoms with Gasteiger partial charge in [-0.05, 0) is 123 Å². The number of aliphatic hydroxyl groups excluding tert-OH is 2. The van der Waals surface area contributed by atoms with E-state index in [1.807, 2.05) is 121 Å². The fraction of sp³-hybridized carbons (Fsp3) is 0.333. The second-order valence-electron chi connectivity index (χ2n) is 18.1. The highest BCUT2D eigenvalue weighted by molar-refractivity contribution is 5.94. The van der Waals surface area contributed by atoms with Crippen LogP contribution in [0.2, 0.25) is 0 Å². The number of aliphatic hydroxyl groups is 2. The molecular formula is C54H58N6O6. The van der Waals surface area contributed by atoms with E-state index in [1.165, 1.54) is 23.3 Å². The van der Waals surface area contributed by atoms with Crippen LogP contribution in [-0.2, 0) is 35.3 Å². The standard InChI is InChI=1S/2C27H29N3O3/c2*31-25-8-4-7-22-14-16-24(30(22)25)27(33)29-20-11-9-18(10-12-20)17-21-13-15-23(28-21)26(32)19-5-2-1-3-6-19/h2*1-12,21,23-24,26,28,32H,13-17H2,(H,29,33)/t21-,23+,24+,26+;21-,23+,24-,26+/m00/s1. The first-order chi connectivity index (χ1) is 32.2. The Bertz CT molecular complexity index is 2530. The second kappa shape index (κ2) is 20.4. The van der Waals surface area contributed by atoms with E-state index in [2.05, 4.69) is 21.3 Å². The monoisotopic (exact) mass is 886 g/mol. The molecule has 10 rings (SSSR count). The molecule has 6 heterocycles. The Kier molecular flexibility index (Phi) is 13.8. The number of benzene rings is 4. The molecule has 4 aromatic carbocycles. The normalized spacial score (nSPS) is 22.6. The first-order valence-corrected chi connectivity index (χ1v) is 23.4. The van der Waals surface area contributed by atoms with Crippen LogP contribution < -0.4 is 32.4 Å². The van der Waals surface area contributed by atoms with E-state index in [9.17, 15) is 29.4 Å². The fourth-order valence-corrected chi connectivity index (χ4v) is 10.3. The summed E-state index contributed by atoms with van der Waals surface area (Å²) in [4.78, 5) is 50.0. The molecule has 66 heavy (non-hydrogen) atoms. The third-order valence-electron chi connectivity index (χ3n) is 13.7.